The number of phenolic OH excluding ortho intramolecular Hbond substituents is 2. The van der Waals surface area contributed by atoms with E-state index in [4.69, 9.17) is 23.7 Å². The van der Waals surface area contributed by atoms with Crippen LogP contribution < -0.4 is 15.4 Å². The SMILES string of the molecule is C=CCO[C@@H]1O[C@H](Cn2cc(CCCC(=O)N[C@H]3C[C@H](O[C@H]4C[C@](O)(C(=O)CO)Cc5c(O)c6c(c(O)c54)C(=O)c4c(OC)cccc4C6=O)O[C@@H](C)[C@H]3O)nn2)[C@H](O)[C@H](O)[C@H]1NC(C)=O. The molecule has 2 fully saturated rings. The number of phenols is 2. The van der Waals surface area contributed by atoms with Gasteiger partial charge in [-0.3, -0.25) is 24.0 Å². The number of ketones is 3. The molecule has 66 heavy (non-hydrogen) atoms. The maximum Gasteiger partial charge on any atom is 0.220 e. The van der Waals surface area contributed by atoms with E-state index in [1.165, 1.54) is 49.9 Å². The van der Waals surface area contributed by atoms with E-state index in [0.717, 1.165) is 0 Å². The Morgan fingerprint density at radius 1 is 1.03 bits per heavy atom. The fourth-order valence-electron chi connectivity index (χ4n) is 9.07. The van der Waals surface area contributed by atoms with E-state index in [2.05, 4.69) is 27.5 Å². The Balaban J connectivity index is 1.02. The molecule has 2 amide bonds. The molecule has 11 atom stereocenters. The number of nitrogens with zero attached hydrogens (tertiary/aromatic N) is 3. The summed E-state index contributed by atoms with van der Waals surface area (Å²) in [6, 6.07) is 2.28. The number of hydrogen-bond acceptors (Lipinski definition) is 19. The molecule has 9 N–H and O–H groups in total. The summed E-state index contributed by atoms with van der Waals surface area (Å²) >= 11 is 0. The van der Waals surface area contributed by atoms with Crippen LogP contribution in [-0.4, -0.2) is 161 Å². The molecule has 4 aliphatic rings. The zero-order chi connectivity index (χ0) is 47.8. The Morgan fingerprint density at radius 2 is 1.77 bits per heavy atom. The molecule has 2 saturated heterocycles. The van der Waals surface area contributed by atoms with Crippen molar-refractivity contribution < 1.29 is 83.4 Å². The standard InChI is InChI=1S/C44H53N5O17/c1-5-12-63-43-35(45-20(3)51)42(60)39(57)27(66-43)17-49-16-21(47-48-49)8-6-11-29(53)46-24-13-30(64-19(2)36(24)54)65-26-15-44(61,28(52)18-50)14-23-32(26)41(59)34-33(38(23)56)37(55)22-9-7-10-25(62-4)31(22)40(34)58/h5,7,9-10,16,19,24,26-27,30,35-36,39,42-43,50,54,56-57,59-61H,1,6,8,11-15,17-18H2,2-4H3,(H,45,51)(H,46,53)/t19-,24-,26-,27+,30-,35+,36+,39-,42+,43+,44-/m0/s1. The van der Waals surface area contributed by atoms with Crippen LogP contribution in [0.4, 0.5) is 0 Å². The molecule has 356 valence electrons. The Hall–Kier alpha value is -5.69. The minimum absolute atomic E-state index is 0.0223. The Labute approximate surface area is 377 Å². The molecule has 22 nitrogen and oxygen atoms in total. The summed E-state index contributed by atoms with van der Waals surface area (Å²) in [5.41, 5.74) is -3.70. The third-order valence-corrected chi connectivity index (χ3v) is 12.3. The highest BCUT2D eigenvalue weighted by atomic mass is 16.7. The van der Waals surface area contributed by atoms with Crippen molar-refractivity contribution in [3.8, 4) is 17.2 Å². The number of carbonyl (C=O) groups excluding carboxylic acids is 5. The summed E-state index contributed by atoms with van der Waals surface area (Å²) in [6.45, 7) is 5.28. The van der Waals surface area contributed by atoms with Crippen molar-refractivity contribution in [2.75, 3.05) is 20.3 Å². The Morgan fingerprint density at radius 3 is 2.47 bits per heavy atom. The van der Waals surface area contributed by atoms with Crippen molar-refractivity contribution in [1.82, 2.24) is 25.6 Å². The number of aryl methyl sites for hydroxylation is 1. The minimum Gasteiger partial charge on any atom is -0.507 e. The van der Waals surface area contributed by atoms with Gasteiger partial charge in [-0.05, 0) is 25.8 Å². The molecule has 2 aliphatic carbocycles. The number of aliphatic hydroxyl groups is 5. The molecule has 0 saturated carbocycles. The summed E-state index contributed by atoms with van der Waals surface area (Å²) in [6.07, 6.45) is -7.72. The fraction of sp³-hybridized carbons (Fsp3) is 0.523. The minimum atomic E-state index is -2.37. The lowest BCUT2D eigenvalue weighted by Gasteiger charge is -2.43. The van der Waals surface area contributed by atoms with E-state index in [1.807, 2.05) is 0 Å². The van der Waals surface area contributed by atoms with Crippen molar-refractivity contribution in [1.29, 1.82) is 0 Å². The van der Waals surface area contributed by atoms with Crippen molar-refractivity contribution in [2.24, 2.45) is 0 Å². The Kier molecular flexibility index (Phi) is 14.4. The number of Topliss-reactive ketones (excluding diaryl/α,β-unsaturated/α-hetero) is 1. The number of methoxy groups -OCH3 is 1. The number of nitrogens with one attached hydrogen (secondary N) is 2. The molecule has 2 aliphatic heterocycles. The van der Waals surface area contributed by atoms with Crippen LogP contribution in [0.15, 0.2) is 37.1 Å². The van der Waals surface area contributed by atoms with Gasteiger partial charge in [-0.2, -0.15) is 0 Å². The average Bonchev–Trinajstić information content (AvgIpc) is 3.73. The van der Waals surface area contributed by atoms with E-state index < -0.39 is 138 Å². The summed E-state index contributed by atoms with van der Waals surface area (Å²) in [4.78, 5) is 65.8. The lowest BCUT2D eigenvalue weighted by molar-refractivity contribution is -0.264. The van der Waals surface area contributed by atoms with Gasteiger partial charge >= 0.3 is 0 Å². The monoisotopic (exact) mass is 923 g/mol. The predicted octanol–water partition coefficient (Wildman–Crippen LogP) is -1.07. The van der Waals surface area contributed by atoms with E-state index in [9.17, 15) is 59.7 Å². The van der Waals surface area contributed by atoms with Gasteiger partial charge in [0.15, 0.2) is 24.1 Å². The van der Waals surface area contributed by atoms with Crippen LogP contribution >= 0.6 is 0 Å². The molecule has 0 unspecified atom stereocenters. The quantitative estimate of drug-likeness (QED) is 0.0477. The normalized spacial score (nSPS) is 29.3. The number of rotatable bonds is 16. The van der Waals surface area contributed by atoms with Gasteiger partial charge in [0.05, 0.1) is 60.9 Å². The second-order valence-corrected chi connectivity index (χ2v) is 16.8. The summed E-state index contributed by atoms with van der Waals surface area (Å²) < 4.78 is 30.4. The maximum absolute atomic E-state index is 14.0. The number of carbonyl (C=O) groups is 5. The highest BCUT2D eigenvalue weighted by molar-refractivity contribution is 6.31. The molecular weight excluding hydrogens is 871 g/mol. The molecular formula is C44H53N5O17. The van der Waals surface area contributed by atoms with Gasteiger partial charge in [0.25, 0.3) is 0 Å². The van der Waals surface area contributed by atoms with E-state index >= 15 is 0 Å². The molecule has 2 aromatic carbocycles. The molecule has 3 heterocycles. The molecule has 3 aromatic rings. The highest BCUT2D eigenvalue weighted by Crippen LogP contribution is 2.52. The largest absolute Gasteiger partial charge is 0.507 e. The number of aromatic hydroxyl groups is 2. The average molecular weight is 924 g/mol. The highest BCUT2D eigenvalue weighted by Gasteiger charge is 2.51. The zero-order valence-corrected chi connectivity index (χ0v) is 36.3. The second kappa shape index (κ2) is 19.6. The number of aromatic nitrogens is 3. The third-order valence-electron chi connectivity index (χ3n) is 12.3. The third kappa shape index (κ3) is 9.33. The fourth-order valence-corrected chi connectivity index (χ4v) is 9.07. The van der Waals surface area contributed by atoms with Crippen molar-refractivity contribution >= 4 is 29.2 Å². The number of benzene rings is 2. The number of amides is 2. The molecule has 22 heteroatoms. The topological polar surface area (TPSA) is 328 Å². The van der Waals surface area contributed by atoms with Crippen LogP contribution in [0.5, 0.6) is 17.2 Å². The summed E-state index contributed by atoms with van der Waals surface area (Å²) in [7, 11) is 1.30. The first-order valence-electron chi connectivity index (χ1n) is 21.3. The summed E-state index contributed by atoms with van der Waals surface area (Å²) in [5, 5.41) is 91.0. The molecule has 0 spiro atoms. The number of aliphatic hydroxyl groups excluding tert-OH is 4. The van der Waals surface area contributed by atoms with Crippen LogP contribution in [0.2, 0.25) is 0 Å². The smallest absolute Gasteiger partial charge is 0.220 e. The van der Waals surface area contributed by atoms with Crippen LogP contribution in [0.25, 0.3) is 0 Å². The van der Waals surface area contributed by atoms with Crippen molar-refractivity contribution in [3.05, 3.63) is 76.1 Å². The van der Waals surface area contributed by atoms with Gasteiger partial charge in [-0.15, -0.1) is 11.7 Å². The van der Waals surface area contributed by atoms with Gasteiger partial charge in [0.2, 0.25) is 17.6 Å². The van der Waals surface area contributed by atoms with Crippen LogP contribution in [-0.2, 0) is 52.7 Å². The number of ether oxygens (including phenoxy) is 5. The maximum atomic E-state index is 14.0. The van der Waals surface area contributed by atoms with E-state index in [-0.39, 0.29) is 60.4 Å². The molecule has 0 bridgehead atoms. The van der Waals surface area contributed by atoms with Crippen LogP contribution in [0.1, 0.15) is 94.3 Å². The van der Waals surface area contributed by atoms with Gasteiger partial charge < -0.3 is 70.1 Å². The lowest BCUT2D eigenvalue weighted by atomic mass is 9.72. The van der Waals surface area contributed by atoms with Gasteiger partial charge in [-0.1, -0.05) is 23.4 Å². The number of hydrogen-bond donors (Lipinski definition) is 9. The van der Waals surface area contributed by atoms with Crippen LogP contribution in [0.3, 0.4) is 0 Å². The molecule has 7 rings (SSSR count). The van der Waals surface area contributed by atoms with Crippen LogP contribution in [0, 0.1) is 0 Å². The van der Waals surface area contributed by atoms with Gasteiger partial charge in [0, 0.05) is 55.5 Å². The first-order chi connectivity index (χ1) is 31.4. The second-order valence-electron chi connectivity index (χ2n) is 16.8. The van der Waals surface area contributed by atoms with Crippen molar-refractivity contribution in [3.63, 3.8) is 0 Å². The van der Waals surface area contributed by atoms with Gasteiger partial charge in [-0.25, -0.2) is 4.68 Å². The first kappa shape index (κ1) is 48.2. The Bertz CT molecular complexity index is 2390. The lowest BCUT2D eigenvalue weighted by Crippen LogP contribution is -2.64. The van der Waals surface area contributed by atoms with E-state index in [0.29, 0.717) is 12.1 Å². The van der Waals surface area contributed by atoms with Gasteiger partial charge in [0.1, 0.15) is 59.9 Å². The zero-order valence-electron chi connectivity index (χ0n) is 36.3. The van der Waals surface area contributed by atoms with E-state index in [1.54, 1.807) is 6.20 Å². The molecule has 1 aromatic heterocycles. The molecule has 0 radical (unpaired) electrons. The summed E-state index contributed by atoms with van der Waals surface area (Å²) in [5.74, 6) is -5.10. The predicted molar refractivity (Wildman–Crippen MR) is 223 cm³/mol. The number of fused-ring (bicyclic) bond motifs is 3. The van der Waals surface area contributed by atoms with Crippen molar-refractivity contribution in [2.45, 2.75) is 126 Å². The first-order valence-corrected chi connectivity index (χ1v) is 21.3.